The Morgan fingerprint density at radius 2 is 1.75 bits per heavy atom. The number of Topliss-reactive ketones (excluding diaryl/α,β-unsaturated/α-hetero) is 1. The van der Waals surface area contributed by atoms with Gasteiger partial charge in [0.15, 0.2) is 5.78 Å². The van der Waals surface area contributed by atoms with Gasteiger partial charge in [0, 0.05) is 0 Å². The molecule has 1 aromatic carbocycles. The van der Waals surface area contributed by atoms with Crippen molar-refractivity contribution in [1.82, 2.24) is 4.72 Å². The van der Waals surface area contributed by atoms with Crippen molar-refractivity contribution in [2.75, 3.05) is 0 Å². The van der Waals surface area contributed by atoms with Crippen molar-refractivity contribution >= 4 is 21.8 Å². The number of esters is 1. The van der Waals surface area contributed by atoms with Crippen LogP contribution in [0.25, 0.3) is 0 Å². The molecule has 0 aromatic heterocycles. The van der Waals surface area contributed by atoms with Crippen LogP contribution in [0.5, 0.6) is 0 Å². The van der Waals surface area contributed by atoms with Crippen molar-refractivity contribution in [1.29, 1.82) is 0 Å². The quantitative estimate of drug-likeness (QED) is 0.823. The minimum absolute atomic E-state index is 0.492. The van der Waals surface area contributed by atoms with Crippen molar-refractivity contribution in [2.45, 2.75) is 30.5 Å². The third-order valence-electron chi connectivity index (χ3n) is 3.40. The molecular formula is C14H12F3NO5S. The van der Waals surface area contributed by atoms with Crippen LogP contribution >= 0.6 is 0 Å². The molecule has 0 saturated carbocycles. The highest BCUT2D eigenvalue weighted by Crippen LogP contribution is 2.44. The highest BCUT2D eigenvalue weighted by atomic mass is 32.2. The maximum Gasteiger partial charge on any atom is 0.422 e. The number of ether oxygens (including phenoxy) is 1. The van der Waals surface area contributed by atoms with E-state index in [0.717, 1.165) is 26.0 Å². The third kappa shape index (κ3) is 2.71. The van der Waals surface area contributed by atoms with Crippen LogP contribution in [0.4, 0.5) is 13.2 Å². The molecule has 2 rings (SSSR count). The van der Waals surface area contributed by atoms with E-state index in [-0.39, 0.29) is 0 Å². The second kappa shape index (κ2) is 5.71. The molecule has 6 nitrogen and oxygen atoms in total. The maximum absolute atomic E-state index is 13.7. The van der Waals surface area contributed by atoms with Crippen LogP contribution in [-0.4, -0.2) is 31.9 Å². The van der Waals surface area contributed by atoms with Crippen molar-refractivity contribution in [3.05, 3.63) is 41.7 Å². The average Bonchev–Trinajstić information content (AvgIpc) is 2.70. The maximum atomic E-state index is 13.7. The van der Waals surface area contributed by atoms with E-state index in [1.807, 2.05) is 0 Å². The molecule has 0 fully saturated rings. The van der Waals surface area contributed by atoms with Crippen molar-refractivity contribution in [2.24, 2.45) is 0 Å². The molecule has 130 valence electrons. The largest absolute Gasteiger partial charge is 0.429 e. The zero-order valence-corrected chi connectivity index (χ0v) is 13.3. The Kier molecular flexibility index (Phi) is 4.31. The Hall–Kier alpha value is -2.20. The molecule has 1 aliphatic heterocycles. The van der Waals surface area contributed by atoms with Gasteiger partial charge >= 0.3 is 12.1 Å². The van der Waals surface area contributed by atoms with E-state index in [1.165, 1.54) is 22.9 Å². The molecule has 0 saturated heterocycles. The highest BCUT2D eigenvalue weighted by molar-refractivity contribution is 7.89. The molecule has 0 bridgehead atoms. The molecule has 1 aliphatic rings. The fourth-order valence-electron chi connectivity index (χ4n) is 2.41. The standard InChI is InChI=1S/C14H12F3NO5S/c1-8(19)11-9(2)23-12(20)13(11,14(15,16)17)18-24(21,22)10-6-4-3-5-7-10/h3-7,18H,1-2H3/t13-/m1/s1. The first-order chi connectivity index (χ1) is 10.9. The fourth-order valence-corrected chi connectivity index (χ4v) is 3.75. The third-order valence-corrected chi connectivity index (χ3v) is 4.86. The number of benzene rings is 1. The smallest absolute Gasteiger partial charge is 0.422 e. The molecule has 0 amide bonds. The van der Waals surface area contributed by atoms with Crippen LogP contribution in [-0.2, 0) is 24.3 Å². The van der Waals surface area contributed by atoms with Gasteiger partial charge in [-0.15, -0.1) is 0 Å². The molecule has 10 heteroatoms. The Morgan fingerprint density at radius 3 is 2.21 bits per heavy atom. The molecule has 1 N–H and O–H groups in total. The summed E-state index contributed by atoms with van der Waals surface area (Å²) in [4.78, 5) is 23.1. The van der Waals surface area contributed by atoms with Gasteiger partial charge in [0.2, 0.25) is 10.0 Å². The summed E-state index contributed by atoms with van der Waals surface area (Å²) < 4.78 is 71.4. The van der Waals surface area contributed by atoms with Crippen LogP contribution < -0.4 is 4.72 Å². The van der Waals surface area contributed by atoms with Gasteiger partial charge in [-0.1, -0.05) is 18.2 Å². The Bertz CT molecular complexity index is 830. The van der Waals surface area contributed by atoms with Crippen LogP contribution in [0.1, 0.15) is 13.8 Å². The first-order valence-electron chi connectivity index (χ1n) is 6.54. The number of alkyl halides is 3. The Balaban J connectivity index is 2.68. The van der Waals surface area contributed by atoms with E-state index in [2.05, 4.69) is 4.74 Å². The summed E-state index contributed by atoms with van der Waals surface area (Å²) in [7, 11) is -4.77. The second-order valence-corrected chi connectivity index (χ2v) is 6.73. The summed E-state index contributed by atoms with van der Waals surface area (Å²) in [6, 6.07) is 6.17. The number of ketones is 1. The topological polar surface area (TPSA) is 89.5 Å². The van der Waals surface area contributed by atoms with E-state index in [0.29, 0.717) is 0 Å². The number of hydrogen-bond acceptors (Lipinski definition) is 5. The van der Waals surface area contributed by atoms with Crippen molar-refractivity contribution in [3.8, 4) is 0 Å². The van der Waals surface area contributed by atoms with Crippen molar-refractivity contribution in [3.63, 3.8) is 0 Å². The van der Waals surface area contributed by atoms with E-state index < -0.39 is 49.7 Å². The number of rotatable bonds is 4. The van der Waals surface area contributed by atoms with Gasteiger partial charge in [-0.05, 0) is 26.0 Å². The minimum Gasteiger partial charge on any atom is -0.429 e. The van der Waals surface area contributed by atoms with E-state index >= 15 is 0 Å². The summed E-state index contributed by atoms with van der Waals surface area (Å²) in [5.74, 6) is -3.65. The molecule has 1 heterocycles. The van der Waals surface area contributed by atoms with Crippen LogP contribution in [0, 0.1) is 0 Å². The lowest BCUT2D eigenvalue weighted by atomic mass is 9.88. The number of allylic oxidation sites excluding steroid dienone is 1. The Morgan fingerprint density at radius 1 is 1.21 bits per heavy atom. The fraction of sp³-hybridized carbons (Fsp3) is 0.286. The van der Waals surface area contributed by atoms with Gasteiger partial charge < -0.3 is 4.74 Å². The molecule has 0 radical (unpaired) electrons. The van der Waals surface area contributed by atoms with Crippen LogP contribution in [0.15, 0.2) is 46.6 Å². The summed E-state index contributed by atoms with van der Waals surface area (Å²) >= 11 is 0. The zero-order chi connectivity index (χ0) is 18.3. The normalized spacial score (nSPS) is 21.8. The van der Waals surface area contributed by atoms with Gasteiger partial charge in [-0.2, -0.15) is 17.9 Å². The predicted octanol–water partition coefficient (Wildman–Crippen LogP) is 1.69. The predicted molar refractivity (Wildman–Crippen MR) is 75.0 cm³/mol. The number of carbonyl (C=O) groups excluding carboxylic acids is 2. The van der Waals surface area contributed by atoms with Gasteiger partial charge in [-0.3, -0.25) is 4.79 Å². The lowest BCUT2D eigenvalue weighted by Crippen LogP contribution is -2.64. The molecule has 0 aliphatic carbocycles. The molecule has 1 aromatic rings. The minimum atomic E-state index is -5.43. The van der Waals surface area contributed by atoms with Crippen LogP contribution in [0.2, 0.25) is 0 Å². The number of halogens is 3. The van der Waals surface area contributed by atoms with E-state index in [4.69, 9.17) is 0 Å². The van der Waals surface area contributed by atoms with Gasteiger partial charge in [0.05, 0.1) is 10.5 Å². The number of cyclic esters (lactones) is 1. The molecule has 0 spiro atoms. The van der Waals surface area contributed by atoms with Crippen molar-refractivity contribution < 1.29 is 35.9 Å². The van der Waals surface area contributed by atoms with Crippen LogP contribution in [0.3, 0.4) is 0 Å². The summed E-state index contributed by atoms with van der Waals surface area (Å²) in [6.45, 7) is 1.77. The number of carbonyl (C=O) groups is 2. The molecular weight excluding hydrogens is 351 g/mol. The number of sulfonamides is 1. The average molecular weight is 363 g/mol. The summed E-state index contributed by atoms with van der Waals surface area (Å²) in [5, 5.41) is 0. The lowest BCUT2D eigenvalue weighted by Gasteiger charge is -2.30. The number of hydrogen-bond donors (Lipinski definition) is 1. The highest BCUT2D eigenvalue weighted by Gasteiger charge is 2.70. The van der Waals surface area contributed by atoms with E-state index in [1.54, 1.807) is 0 Å². The van der Waals surface area contributed by atoms with Gasteiger partial charge in [0.1, 0.15) is 5.76 Å². The Labute approximate surface area is 135 Å². The second-order valence-electron chi connectivity index (χ2n) is 5.04. The van der Waals surface area contributed by atoms with E-state index in [9.17, 15) is 31.2 Å². The SMILES string of the molecule is CC(=O)C1=C(C)OC(=O)[C@@]1(NS(=O)(=O)c1ccccc1)C(F)(F)F. The summed E-state index contributed by atoms with van der Waals surface area (Å²) in [5.41, 5.74) is -4.86. The lowest BCUT2D eigenvalue weighted by molar-refractivity contribution is -0.193. The monoisotopic (exact) mass is 363 g/mol. The molecule has 1 atom stereocenters. The van der Waals surface area contributed by atoms with Gasteiger partial charge in [0.25, 0.3) is 5.54 Å². The number of nitrogens with one attached hydrogen (secondary N) is 1. The first-order valence-corrected chi connectivity index (χ1v) is 8.02. The molecule has 0 unspecified atom stereocenters. The summed E-state index contributed by atoms with van der Waals surface area (Å²) in [6.07, 6.45) is -5.43. The van der Waals surface area contributed by atoms with Gasteiger partial charge in [-0.25, -0.2) is 13.2 Å². The first kappa shape index (κ1) is 18.1. The zero-order valence-electron chi connectivity index (χ0n) is 12.5. The molecule has 24 heavy (non-hydrogen) atoms.